The standard InChI is InChI=1S/C13H21NO/c1-6-7-8-13(15)9-11(2,3)14-12(4,5)10-13/h6,14-15H,1,9-10H2,2-5H3. The van der Waals surface area contributed by atoms with Gasteiger partial charge in [-0.25, -0.2) is 0 Å². The van der Waals surface area contributed by atoms with E-state index in [0.29, 0.717) is 12.8 Å². The van der Waals surface area contributed by atoms with E-state index in [0.717, 1.165) is 0 Å². The lowest BCUT2D eigenvalue weighted by molar-refractivity contribution is -0.0120. The van der Waals surface area contributed by atoms with Gasteiger partial charge in [0.1, 0.15) is 5.60 Å². The van der Waals surface area contributed by atoms with E-state index in [-0.39, 0.29) is 11.1 Å². The van der Waals surface area contributed by atoms with Crippen LogP contribution in [0.25, 0.3) is 0 Å². The number of allylic oxidation sites excluding steroid dienone is 1. The van der Waals surface area contributed by atoms with Gasteiger partial charge in [-0.05, 0) is 33.8 Å². The molecule has 0 radical (unpaired) electrons. The van der Waals surface area contributed by atoms with Gasteiger partial charge in [-0.3, -0.25) is 0 Å². The molecule has 0 aliphatic carbocycles. The van der Waals surface area contributed by atoms with E-state index in [1.165, 1.54) is 6.08 Å². The van der Waals surface area contributed by atoms with Gasteiger partial charge in [0.25, 0.3) is 0 Å². The van der Waals surface area contributed by atoms with Crippen molar-refractivity contribution >= 4 is 0 Å². The summed E-state index contributed by atoms with van der Waals surface area (Å²) in [6.45, 7) is 11.9. The van der Waals surface area contributed by atoms with Gasteiger partial charge in [0, 0.05) is 23.9 Å². The zero-order valence-electron chi connectivity index (χ0n) is 10.1. The molecule has 2 N–H and O–H groups in total. The second-order valence-electron chi connectivity index (χ2n) is 5.75. The normalized spacial score (nSPS) is 26.2. The summed E-state index contributed by atoms with van der Waals surface area (Å²) in [6.07, 6.45) is 2.81. The molecule has 84 valence electrons. The predicted octanol–water partition coefficient (Wildman–Crippen LogP) is 1.85. The molecule has 1 saturated heterocycles. The number of piperidine rings is 1. The van der Waals surface area contributed by atoms with Crippen molar-refractivity contribution in [2.24, 2.45) is 0 Å². The molecule has 0 spiro atoms. The van der Waals surface area contributed by atoms with E-state index in [1.54, 1.807) is 0 Å². The zero-order chi connectivity index (χ0) is 11.7. The molecule has 15 heavy (non-hydrogen) atoms. The number of hydrogen-bond donors (Lipinski definition) is 2. The summed E-state index contributed by atoms with van der Waals surface area (Å²) in [5.74, 6) is 5.68. The molecule has 1 heterocycles. The number of hydrogen-bond acceptors (Lipinski definition) is 2. The van der Waals surface area contributed by atoms with Crippen LogP contribution in [-0.4, -0.2) is 21.8 Å². The Morgan fingerprint density at radius 1 is 1.20 bits per heavy atom. The summed E-state index contributed by atoms with van der Waals surface area (Å²) < 4.78 is 0. The van der Waals surface area contributed by atoms with Crippen LogP contribution < -0.4 is 5.32 Å². The highest BCUT2D eigenvalue weighted by Crippen LogP contribution is 2.35. The van der Waals surface area contributed by atoms with E-state index in [9.17, 15) is 5.11 Å². The zero-order valence-corrected chi connectivity index (χ0v) is 10.1. The van der Waals surface area contributed by atoms with Crippen LogP contribution in [0.5, 0.6) is 0 Å². The molecule has 2 nitrogen and oxygen atoms in total. The van der Waals surface area contributed by atoms with Gasteiger partial charge in [0.05, 0.1) is 0 Å². The van der Waals surface area contributed by atoms with Gasteiger partial charge in [0.2, 0.25) is 0 Å². The largest absolute Gasteiger partial charge is 0.377 e. The number of aliphatic hydroxyl groups is 1. The third-order valence-electron chi connectivity index (χ3n) is 2.55. The van der Waals surface area contributed by atoms with E-state index >= 15 is 0 Å². The minimum absolute atomic E-state index is 0.0909. The Morgan fingerprint density at radius 2 is 1.67 bits per heavy atom. The Kier molecular flexibility index (Phi) is 3.00. The Balaban J connectivity index is 2.96. The second kappa shape index (κ2) is 3.66. The van der Waals surface area contributed by atoms with Crippen LogP contribution in [0.1, 0.15) is 40.5 Å². The van der Waals surface area contributed by atoms with Gasteiger partial charge in [0.15, 0.2) is 0 Å². The quantitative estimate of drug-likeness (QED) is 0.594. The minimum Gasteiger partial charge on any atom is -0.377 e. The highest BCUT2D eigenvalue weighted by molar-refractivity contribution is 5.24. The van der Waals surface area contributed by atoms with Crippen molar-refractivity contribution in [1.29, 1.82) is 0 Å². The van der Waals surface area contributed by atoms with Crippen molar-refractivity contribution in [2.45, 2.75) is 57.2 Å². The topological polar surface area (TPSA) is 32.3 Å². The number of nitrogens with one attached hydrogen (secondary N) is 1. The maximum atomic E-state index is 10.4. The summed E-state index contributed by atoms with van der Waals surface area (Å²) in [5.41, 5.74) is -1.08. The Bertz CT molecular complexity index is 301. The molecule has 0 amide bonds. The molecule has 1 aliphatic heterocycles. The van der Waals surface area contributed by atoms with Crippen molar-refractivity contribution in [3.8, 4) is 11.8 Å². The fraction of sp³-hybridized carbons (Fsp3) is 0.692. The molecule has 0 aromatic rings. The monoisotopic (exact) mass is 207 g/mol. The smallest absolute Gasteiger partial charge is 0.129 e. The predicted molar refractivity (Wildman–Crippen MR) is 63.5 cm³/mol. The highest BCUT2D eigenvalue weighted by Gasteiger charge is 2.45. The van der Waals surface area contributed by atoms with Gasteiger partial charge in [-0.15, -0.1) is 0 Å². The van der Waals surface area contributed by atoms with Gasteiger partial charge in [-0.2, -0.15) is 0 Å². The van der Waals surface area contributed by atoms with Crippen LogP contribution in [0.2, 0.25) is 0 Å². The van der Waals surface area contributed by atoms with Crippen LogP contribution in [-0.2, 0) is 0 Å². The third kappa shape index (κ3) is 3.37. The van der Waals surface area contributed by atoms with Crippen molar-refractivity contribution in [3.05, 3.63) is 12.7 Å². The van der Waals surface area contributed by atoms with Crippen LogP contribution >= 0.6 is 0 Å². The molecule has 1 rings (SSSR count). The minimum atomic E-state index is -0.896. The van der Waals surface area contributed by atoms with E-state index in [2.05, 4.69) is 51.4 Å². The average molecular weight is 207 g/mol. The highest BCUT2D eigenvalue weighted by atomic mass is 16.3. The average Bonchev–Trinajstić information content (AvgIpc) is 1.93. The summed E-state index contributed by atoms with van der Waals surface area (Å²) >= 11 is 0. The SMILES string of the molecule is C=CC#CC1(O)CC(C)(C)NC(C)(C)C1. The summed E-state index contributed by atoms with van der Waals surface area (Å²) in [7, 11) is 0. The van der Waals surface area contributed by atoms with Gasteiger partial charge in [-0.1, -0.05) is 18.4 Å². The molecule has 0 saturated carbocycles. The first kappa shape index (κ1) is 12.3. The fourth-order valence-corrected chi connectivity index (χ4v) is 2.80. The lowest BCUT2D eigenvalue weighted by Crippen LogP contribution is -2.63. The fourth-order valence-electron chi connectivity index (χ4n) is 2.80. The molecule has 1 fully saturated rings. The van der Waals surface area contributed by atoms with Crippen LogP contribution in [0.4, 0.5) is 0 Å². The number of rotatable bonds is 0. The first-order valence-corrected chi connectivity index (χ1v) is 5.33. The summed E-state index contributed by atoms with van der Waals surface area (Å²) in [5, 5.41) is 13.9. The van der Waals surface area contributed by atoms with Gasteiger partial charge < -0.3 is 10.4 Å². The first-order chi connectivity index (χ1) is 6.68. The van der Waals surface area contributed by atoms with Crippen LogP contribution in [0.3, 0.4) is 0 Å². The molecule has 0 aromatic heterocycles. The van der Waals surface area contributed by atoms with E-state index in [4.69, 9.17) is 0 Å². The Hall–Kier alpha value is -0.780. The van der Waals surface area contributed by atoms with Crippen molar-refractivity contribution in [2.75, 3.05) is 0 Å². The van der Waals surface area contributed by atoms with Crippen molar-refractivity contribution < 1.29 is 5.11 Å². The lowest BCUT2D eigenvalue weighted by atomic mass is 9.73. The third-order valence-corrected chi connectivity index (χ3v) is 2.55. The molecule has 2 heteroatoms. The van der Waals surface area contributed by atoms with Crippen LogP contribution in [0.15, 0.2) is 12.7 Å². The first-order valence-electron chi connectivity index (χ1n) is 5.33. The van der Waals surface area contributed by atoms with Crippen molar-refractivity contribution in [1.82, 2.24) is 5.32 Å². The van der Waals surface area contributed by atoms with Crippen LogP contribution in [0, 0.1) is 11.8 Å². The van der Waals surface area contributed by atoms with E-state index in [1.807, 2.05) is 0 Å². The molecule has 0 aromatic carbocycles. The molecule has 1 aliphatic rings. The molecule has 0 unspecified atom stereocenters. The van der Waals surface area contributed by atoms with E-state index < -0.39 is 5.60 Å². The molecule has 0 bridgehead atoms. The summed E-state index contributed by atoms with van der Waals surface area (Å²) in [4.78, 5) is 0. The lowest BCUT2D eigenvalue weighted by Gasteiger charge is -2.48. The Morgan fingerprint density at radius 3 is 2.07 bits per heavy atom. The maximum Gasteiger partial charge on any atom is 0.129 e. The molecular weight excluding hydrogens is 186 g/mol. The Labute approximate surface area is 92.8 Å². The summed E-state index contributed by atoms with van der Waals surface area (Å²) in [6, 6.07) is 0. The second-order valence-corrected chi connectivity index (χ2v) is 5.75. The van der Waals surface area contributed by atoms with Gasteiger partial charge >= 0.3 is 0 Å². The molecular formula is C13H21NO. The molecule has 0 atom stereocenters. The van der Waals surface area contributed by atoms with Crippen molar-refractivity contribution in [3.63, 3.8) is 0 Å². The maximum absolute atomic E-state index is 10.4.